The van der Waals surface area contributed by atoms with Crippen LogP contribution in [0.5, 0.6) is 0 Å². The molecule has 2 rings (SSSR count). The van der Waals surface area contributed by atoms with Gasteiger partial charge in [0.05, 0.1) is 11.3 Å². The summed E-state index contributed by atoms with van der Waals surface area (Å²) in [7, 11) is 0. The maximum atomic E-state index is 13.3. The van der Waals surface area contributed by atoms with Crippen LogP contribution in [0.2, 0.25) is 0 Å². The third-order valence-electron chi connectivity index (χ3n) is 3.06. The molecule has 1 aromatic carbocycles. The topological polar surface area (TPSA) is 36.7 Å². The fourth-order valence-corrected chi connectivity index (χ4v) is 1.90. The van der Waals surface area contributed by atoms with E-state index in [-0.39, 0.29) is 11.7 Å². The molecule has 0 spiro atoms. The molecule has 0 aliphatic carbocycles. The number of aromatic nitrogens is 1. The molecule has 0 amide bonds. The molecule has 2 nitrogen and oxygen atoms in total. The quantitative estimate of drug-likeness (QED) is 0.805. The van der Waals surface area contributed by atoms with Crippen LogP contribution in [0.3, 0.4) is 0 Å². The van der Waals surface area contributed by atoms with Gasteiger partial charge >= 0.3 is 0 Å². The van der Waals surface area contributed by atoms with Crippen molar-refractivity contribution in [3.8, 4) is 17.3 Å². The normalized spacial score (nSPS) is 10.5. The van der Waals surface area contributed by atoms with E-state index in [2.05, 4.69) is 11.1 Å². The minimum Gasteiger partial charge on any atom is -0.251 e. The zero-order valence-electron chi connectivity index (χ0n) is 11.2. The van der Waals surface area contributed by atoms with E-state index in [9.17, 15) is 4.39 Å². The van der Waals surface area contributed by atoms with E-state index < -0.39 is 0 Å². The fraction of sp³-hybridized carbons (Fsp3) is 0.250. The van der Waals surface area contributed by atoms with Crippen LogP contribution in [0, 0.1) is 24.1 Å². The van der Waals surface area contributed by atoms with Crippen molar-refractivity contribution < 1.29 is 4.39 Å². The van der Waals surface area contributed by atoms with Gasteiger partial charge in [0.1, 0.15) is 11.9 Å². The molecule has 1 heterocycles. The first kappa shape index (κ1) is 13.2. The van der Waals surface area contributed by atoms with Crippen molar-refractivity contribution in [2.75, 3.05) is 0 Å². The van der Waals surface area contributed by atoms with Crippen molar-refractivity contribution in [1.82, 2.24) is 4.98 Å². The molecule has 1 aromatic heterocycles. The van der Waals surface area contributed by atoms with Gasteiger partial charge in [-0.25, -0.2) is 4.39 Å². The number of benzene rings is 1. The standard InChI is InChI=1S/C16H15FN2/c1-10(2)15-7-5-13(9-18)16(19-15)12-4-6-14(17)11(3)8-12/h4-8,10H,1-3H3. The molecule has 19 heavy (non-hydrogen) atoms. The Bertz CT molecular complexity index is 654. The Hall–Kier alpha value is -2.21. The summed E-state index contributed by atoms with van der Waals surface area (Å²) >= 11 is 0. The number of rotatable bonds is 2. The fourth-order valence-electron chi connectivity index (χ4n) is 1.90. The Kier molecular flexibility index (Phi) is 3.62. The van der Waals surface area contributed by atoms with Crippen molar-refractivity contribution in [1.29, 1.82) is 5.26 Å². The molecule has 0 aliphatic rings. The van der Waals surface area contributed by atoms with Gasteiger partial charge in [0, 0.05) is 11.3 Å². The molecule has 2 aromatic rings. The highest BCUT2D eigenvalue weighted by atomic mass is 19.1. The molecule has 3 heteroatoms. The molecule has 0 saturated heterocycles. The van der Waals surface area contributed by atoms with Crippen molar-refractivity contribution in [3.63, 3.8) is 0 Å². The molecule has 0 bridgehead atoms. The highest BCUT2D eigenvalue weighted by Gasteiger charge is 2.11. The number of halogens is 1. The van der Waals surface area contributed by atoms with Crippen LogP contribution >= 0.6 is 0 Å². The lowest BCUT2D eigenvalue weighted by Crippen LogP contribution is -1.98. The monoisotopic (exact) mass is 254 g/mol. The predicted octanol–water partition coefficient (Wildman–Crippen LogP) is 4.19. The summed E-state index contributed by atoms with van der Waals surface area (Å²) in [6, 6.07) is 10.6. The van der Waals surface area contributed by atoms with E-state index in [0.29, 0.717) is 16.8 Å². The summed E-state index contributed by atoms with van der Waals surface area (Å²) in [4.78, 5) is 4.54. The Labute approximate surface area is 112 Å². The molecule has 0 fully saturated rings. The van der Waals surface area contributed by atoms with E-state index >= 15 is 0 Å². The average Bonchev–Trinajstić information content (AvgIpc) is 2.41. The first-order chi connectivity index (χ1) is 9.02. The van der Waals surface area contributed by atoms with E-state index in [4.69, 9.17) is 5.26 Å². The molecule has 0 radical (unpaired) electrons. The summed E-state index contributed by atoms with van der Waals surface area (Å²) < 4.78 is 13.3. The highest BCUT2D eigenvalue weighted by molar-refractivity contribution is 5.67. The molecular weight excluding hydrogens is 239 g/mol. The van der Waals surface area contributed by atoms with E-state index in [1.165, 1.54) is 6.07 Å². The number of aryl methyl sites for hydroxylation is 1. The third-order valence-corrected chi connectivity index (χ3v) is 3.06. The second-order valence-electron chi connectivity index (χ2n) is 4.86. The third kappa shape index (κ3) is 2.63. The predicted molar refractivity (Wildman–Crippen MR) is 73.2 cm³/mol. The van der Waals surface area contributed by atoms with E-state index in [0.717, 1.165) is 11.3 Å². The summed E-state index contributed by atoms with van der Waals surface area (Å²) in [5.41, 5.74) is 3.39. The number of nitrogens with zero attached hydrogens (tertiary/aromatic N) is 2. The SMILES string of the molecule is Cc1cc(-c2nc(C(C)C)ccc2C#N)ccc1F. The van der Waals surface area contributed by atoms with Crippen LogP contribution in [-0.4, -0.2) is 4.98 Å². The molecule has 0 N–H and O–H groups in total. The minimum absolute atomic E-state index is 0.248. The Balaban J connectivity index is 2.62. The van der Waals surface area contributed by atoms with Gasteiger partial charge in [-0.2, -0.15) is 5.26 Å². The smallest absolute Gasteiger partial charge is 0.126 e. The van der Waals surface area contributed by atoms with Crippen LogP contribution < -0.4 is 0 Å². The first-order valence-corrected chi connectivity index (χ1v) is 6.20. The lowest BCUT2D eigenvalue weighted by atomic mass is 10.0. The maximum absolute atomic E-state index is 13.3. The van der Waals surface area contributed by atoms with Crippen LogP contribution in [0.15, 0.2) is 30.3 Å². The zero-order chi connectivity index (χ0) is 14.0. The Morgan fingerprint density at radius 3 is 2.53 bits per heavy atom. The van der Waals surface area contributed by atoms with Crippen LogP contribution in [0.1, 0.15) is 36.6 Å². The van der Waals surface area contributed by atoms with Gasteiger partial charge in [-0.1, -0.05) is 13.8 Å². The molecule has 0 aliphatic heterocycles. The van der Waals surface area contributed by atoms with Crippen LogP contribution in [0.4, 0.5) is 4.39 Å². The van der Waals surface area contributed by atoms with Crippen molar-refractivity contribution in [3.05, 3.63) is 53.0 Å². The summed E-state index contributed by atoms with van der Waals surface area (Å²) in [5, 5.41) is 9.17. The lowest BCUT2D eigenvalue weighted by molar-refractivity contribution is 0.618. The summed E-state index contributed by atoms with van der Waals surface area (Å²) in [6.45, 7) is 5.80. The van der Waals surface area contributed by atoms with Gasteiger partial charge in [0.25, 0.3) is 0 Å². The van der Waals surface area contributed by atoms with E-state index in [1.54, 1.807) is 25.1 Å². The van der Waals surface area contributed by atoms with Crippen LogP contribution in [-0.2, 0) is 0 Å². The van der Waals surface area contributed by atoms with Gasteiger partial charge in [-0.15, -0.1) is 0 Å². The highest BCUT2D eigenvalue weighted by Crippen LogP contribution is 2.25. The molecule has 0 atom stereocenters. The number of pyridine rings is 1. The van der Waals surface area contributed by atoms with Gasteiger partial charge in [0.15, 0.2) is 0 Å². The molecule has 96 valence electrons. The molecular formula is C16H15FN2. The number of nitriles is 1. The first-order valence-electron chi connectivity index (χ1n) is 6.20. The Morgan fingerprint density at radius 1 is 1.21 bits per heavy atom. The average molecular weight is 254 g/mol. The lowest BCUT2D eigenvalue weighted by Gasteiger charge is -2.10. The minimum atomic E-state index is -0.248. The second-order valence-corrected chi connectivity index (χ2v) is 4.86. The molecule has 0 unspecified atom stereocenters. The summed E-state index contributed by atoms with van der Waals surface area (Å²) in [5.74, 6) is 0.0373. The van der Waals surface area contributed by atoms with Crippen molar-refractivity contribution in [2.45, 2.75) is 26.7 Å². The zero-order valence-corrected chi connectivity index (χ0v) is 11.2. The van der Waals surface area contributed by atoms with Gasteiger partial charge in [0.2, 0.25) is 0 Å². The largest absolute Gasteiger partial charge is 0.251 e. The maximum Gasteiger partial charge on any atom is 0.126 e. The van der Waals surface area contributed by atoms with Crippen molar-refractivity contribution >= 4 is 0 Å². The van der Waals surface area contributed by atoms with Gasteiger partial charge in [-0.3, -0.25) is 4.98 Å². The number of hydrogen-bond acceptors (Lipinski definition) is 2. The van der Waals surface area contributed by atoms with E-state index in [1.807, 2.05) is 19.9 Å². The molecule has 0 saturated carbocycles. The summed E-state index contributed by atoms with van der Waals surface area (Å²) in [6.07, 6.45) is 0. The van der Waals surface area contributed by atoms with Crippen molar-refractivity contribution in [2.24, 2.45) is 0 Å². The van der Waals surface area contributed by atoms with Gasteiger partial charge < -0.3 is 0 Å². The van der Waals surface area contributed by atoms with Gasteiger partial charge in [-0.05, 0) is 48.7 Å². The Morgan fingerprint density at radius 2 is 1.95 bits per heavy atom. The second kappa shape index (κ2) is 5.19. The van der Waals surface area contributed by atoms with Crippen LogP contribution in [0.25, 0.3) is 11.3 Å². The number of hydrogen-bond donors (Lipinski definition) is 0.